The molecule has 1 aromatic carbocycles. The van der Waals surface area contributed by atoms with Gasteiger partial charge in [-0.3, -0.25) is 0 Å². The Bertz CT molecular complexity index is 704. The van der Waals surface area contributed by atoms with Gasteiger partial charge in [-0.05, 0) is 27.9 Å². The maximum Gasteiger partial charge on any atom is 0.374 e. The predicted octanol–water partition coefficient (Wildman–Crippen LogP) is 3.00. The van der Waals surface area contributed by atoms with Gasteiger partial charge in [0.25, 0.3) is 0 Å². The minimum atomic E-state index is -0.463. The molecular weight excluding hydrogens is 308 g/mol. The number of nitrogens with zero attached hydrogens (tertiary/aromatic N) is 2. The maximum atomic E-state index is 12.2. The number of anilines is 1. The molecule has 0 aliphatic rings. The maximum absolute atomic E-state index is 12.2. The summed E-state index contributed by atoms with van der Waals surface area (Å²) < 4.78 is 16.8. The molecule has 0 spiro atoms. The monoisotopic (exact) mass is 334 g/mol. The molecule has 6 nitrogen and oxygen atoms in total. The van der Waals surface area contributed by atoms with Gasteiger partial charge in [-0.15, -0.1) is 0 Å². The fourth-order valence-corrected chi connectivity index (χ4v) is 2.20. The van der Waals surface area contributed by atoms with E-state index in [2.05, 4.69) is 0 Å². The van der Waals surface area contributed by atoms with E-state index in [1.807, 2.05) is 64.0 Å². The van der Waals surface area contributed by atoms with E-state index in [1.165, 1.54) is 0 Å². The Labute approximate surface area is 142 Å². The molecule has 0 saturated heterocycles. The van der Waals surface area contributed by atoms with Crippen molar-refractivity contribution in [3.05, 3.63) is 24.0 Å². The summed E-state index contributed by atoms with van der Waals surface area (Å²) in [7, 11) is 7.74. The summed E-state index contributed by atoms with van der Waals surface area (Å²) in [6, 6.07) is 5.52. The van der Waals surface area contributed by atoms with Crippen molar-refractivity contribution in [1.82, 2.24) is 4.90 Å². The molecule has 0 aliphatic carbocycles. The molecule has 1 heterocycles. The summed E-state index contributed by atoms with van der Waals surface area (Å²) in [5.41, 5.74) is 1.55. The predicted molar refractivity (Wildman–Crippen MR) is 95.1 cm³/mol. The molecule has 6 heteroatoms. The third-order valence-corrected chi connectivity index (χ3v) is 3.44. The average Bonchev–Trinajstić information content (AvgIpc) is 2.90. The Hall–Kier alpha value is -2.21. The molecule has 0 unspecified atom stereocenters. The molecule has 0 radical (unpaired) electrons. The standard InChI is InChI=1S/C18H26N2O4/c1-12(2)23-15-9-13(20(5)6)10-16-14(15)11-17(24-16)18(21)22-8-7-19(3)4/h9-12H,7-8H2,1-6H3. The van der Waals surface area contributed by atoms with Crippen LogP contribution in [0.25, 0.3) is 11.0 Å². The molecule has 0 saturated carbocycles. The van der Waals surface area contributed by atoms with Crippen LogP contribution in [0, 0.1) is 0 Å². The van der Waals surface area contributed by atoms with Crippen LogP contribution in [0.3, 0.4) is 0 Å². The van der Waals surface area contributed by atoms with Gasteiger partial charge in [0, 0.05) is 44.5 Å². The second-order valence-electron chi connectivity index (χ2n) is 6.47. The zero-order valence-corrected chi connectivity index (χ0v) is 15.3. The third-order valence-electron chi connectivity index (χ3n) is 3.44. The van der Waals surface area contributed by atoms with E-state index in [9.17, 15) is 4.79 Å². The number of hydrogen-bond donors (Lipinski definition) is 0. The van der Waals surface area contributed by atoms with Gasteiger partial charge < -0.3 is 23.7 Å². The van der Waals surface area contributed by atoms with E-state index < -0.39 is 5.97 Å². The fourth-order valence-electron chi connectivity index (χ4n) is 2.20. The van der Waals surface area contributed by atoms with Crippen molar-refractivity contribution in [3.63, 3.8) is 0 Å². The van der Waals surface area contributed by atoms with Crippen molar-refractivity contribution in [1.29, 1.82) is 0 Å². The first-order valence-corrected chi connectivity index (χ1v) is 8.01. The summed E-state index contributed by atoms with van der Waals surface area (Å²) in [6.45, 7) is 4.91. The van der Waals surface area contributed by atoms with E-state index in [4.69, 9.17) is 13.9 Å². The number of hydrogen-bond acceptors (Lipinski definition) is 6. The number of fused-ring (bicyclic) bond motifs is 1. The largest absolute Gasteiger partial charge is 0.490 e. The smallest absolute Gasteiger partial charge is 0.374 e. The molecule has 24 heavy (non-hydrogen) atoms. The fraction of sp³-hybridized carbons (Fsp3) is 0.500. The van der Waals surface area contributed by atoms with Crippen LogP contribution in [0.2, 0.25) is 0 Å². The average molecular weight is 334 g/mol. The topological polar surface area (TPSA) is 55.1 Å². The minimum absolute atomic E-state index is 0.0241. The van der Waals surface area contributed by atoms with Crippen LogP contribution in [-0.4, -0.2) is 58.3 Å². The molecule has 2 aromatic rings. The first kappa shape index (κ1) is 18.1. The Morgan fingerprint density at radius 2 is 1.88 bits per heavy atom. The zero-order chi connectivity index (χ0) is 17.9. The van der Waals surface area contributed by atoms with Crippen LogP contribution in [0.5, 0.6) is 5.75 Å². The number of carbonyl (C=O) groups excluding carboxylic acids is 1. The van der Waals surface area contributed by atoms with Crippen LogP contribution in [0.1, 0.15) is 24.4 Å². The Morgan fingerprint density at radius 3 is 2.46 bits per heavy atom. The second kappa shape index (κ2) is 7.57. The van der Waals surface area contributed by atoms with Gasteiger partial charge in [-0.2, -0.15) is 0 Å². The highest BCUT2D eigenvalue weighted by atomic mass is 16.5. The second-order valence-corrected chi connectivity index (χ2v) is 6.47. The molecule has 0 atom stereocenters. The highest BCUT2D eigenvalue weighted by molar-refractivity contribution is 5.96. The normalized spacial score (nSPS) is 11.3. The van der Waals surface area contributed by atoms with Crippen molar-refractivity contribution >= 4 is 22.6 Å². The first-order chi connectivity index (χ1) is 11.3. The van der Waals surface area contributed by atoms with Crippen LogP contribution in [0.4, 0.5) is 5.69 Å². The lowest BCUT2D eigenvalue weighted by Crippen LogP contribution is -2.19. The molecule has 0 fully saturated rings. The number of rotatable bonds is 7. The minimum Gasteiger partial charge on any atom is -0.490 e. The first-order valence-electron chi connectivity index (χ1n) is 8.01. The number of esters is 1. The summed E-state index contributed by atoms with van der Waals surface area (Å²) in [5, 5.41) is 0.772. The van der Waals surface area contributed by atoms with Gasteiger partial charge in [0.15, 0.2) is 0 Å². The van der Waals surface area contributed by atoms with E-state index in [0.29, 0.717) is 24.5 Å². The van der Waals surface area contributed by atoms with Gasteiger partial charge >= 0.3 is 5.97 Å². The van der Waals surface area contributed by atoms with Crippen LogP contribution in [-0.2, 0) is 4.74 Å². The van der Waals surface area contributed by atoms with E-state index in [1.54, 1.807) is 6.07 Å². The molecular formula is C18H26N2O4. The molecule has 1 aromatic heterocycles. The van der Waals surface area contributed by atoms with Gasteiger partial charge in [0.1, 0.15) is 17.9 Å². The molecule has 0 bridgehead atoms. The quantitative estimate of drug-likeness (QED) is 0.726. The highest BCUT2D eigenvalue weighted by Gasteiger charge is 2.18. The third kappa shape index (κ3) is 4.41. The Morgan fingerprint density at radius 1 is 1.17 bits per heavy atom. The van der Waals surface area contributed by atoms with Gasteiger partial charge in [0.05, 0.1) is 11.5 Å². The molecule has 0 aliphatic heterocycles. The van der Waals surface area contributed by atoms with Crippen molar-refractivity contribution < 1.29 is 18.7 Å². The number of likely N-dealkylation sites (N-methyl/N-ethyl adjacent to an activating group) is 1. The van der Waals surface area contributed by atoms with Crippen LogP contribution >= 0.6 is 0 Å². The number of furan rings is 1. The summed E-state index contributed by atoms with van der Waals surface area (Å²) >= 11 is 0. The highest BCUT2D eigenvalue weighted by Crippen LogP contribution is 2.34. The van der Waals surface area contributed by atoms with Gasteiger partial charge in [0.2, 0.25) is 5.76 Å². The lowest BCUT2D eigenvalue weighted by atomic mass is 10.2. The van der Waals surface area contributed by atoms with Crippen molar-refractivity contribution in [2.24, 2.45) is 0 Å². The summed E-state index contributed by atoms with van der Waals surface area (Å²) in [4.78, 5) is 16.1. The van der Waals surface area contributed by atoms with Crippen LogP contribution < -0.4 is 9.64 Å². The zero-order valence-electron chi connectivity index (χ0n) is 15.3. The Balaban J connectivity index is 2.32. The van der Waals surface area contributed by atoms with Crippen molar-refractivity contribution in [2.75, 3.05) is 46.2 Å². The van der Waals surface area contributed by atoms with Crippen LogP contribution in [0.15, 0.2) is 22.6 Å². The molecule has 2 rings (SSSR count). The molecule has 0 amide bonds. The lowest BCUT2D eigenvalue weighted by Gasteiger charge is -2.16. The number of benzene rings is 1. The van der Waals surface area contributed by atoms with E-state index >= 15 is 0 Å². The number of carbonyl (C=O) groups is 1. The summed E-state index contributed by atoms with van der Waals surface area (Å²) in [6.07, 6.45) is 0.0241. The SMILES string of the molecule is CC(C)Oc1cc(N(C)C)cc2oc(C(=O)OCCN(C)C)cc12. The molecule has 0 N–H and O–H groups in total. The van der Waals surface area contributed by atoms with Gasteiger partial charge in [-0.25, -0.2) is 4.79 Å². The molecule has 132 valence electrons. The lowest BCUT2D eigenvalue weighted by molar-refractivity contribution is 0.0448. The van der Waals surface area contributed by atoms with Crippen molar-refractivity contribution in [3.8, 4) is 5.75 Å². The number of ether oxygens (including phenoxy) is 2. The van der Waals surface area contributed by atoms with Gasteiger partial charge in [-0.1, -0.05) is 0 Å². The Kier molecular flexibility index (Phi) is 5.72. The summed E-state index contributed by atoms with van der Waals surface area (Å²) in [5.74, 6) is 0.422. The van der Waals surface area contributed by atoms with E-state index in [0.717, 1.165) is 11.1 Å². The van der Waals surface area contributed by atoms with Crippen molar-refractivity contribution in [2.45, 2.75) is 20.0 Å². The van der Waals surface area contributed by atoms with E-state index in [-0.39, 0.29) is 11.9 Å².